The van der Waals surface area contributed by atoms with Crippen LogP contribution in [-0.2, 0) is 0 Å². The van der Waals surface area contributed by atoms with Crippen LogP contribution in [0.25, 0.3) is 0 Å². The first-order valence-electron chi connectivity index (χ1n) is 5.19. The van der Waals surface area contributed by atoms with Crippen LogP contribution in [0.2, 0.25) is 0 Å². The minimum Gasteiger partial charge on any atom is -0.472 e. The van der Waals surface area contributed by atoms with Gasteiger partial charge in [0.2, 0.25) is 0 Å². The van der Waals surface area contributed by atoms with Gasteiger partial charge < -0.3 is 4.42 Å². The normalized spacial score (nSPS) is 11.2. The summed E-state index contributed by atoms with van der Waals surface area (Å²) in [5.41, 5.74) is 4.62. The minimum atomic E-state index is -0.228. The van der Waals surface area contributed by atoms with Crippen molar-refractivity contribution in [2.45, 2.75) is 6.92 Å². The van der Waals surface area contributed by atoms with Gasteiger partial charge in [-0.15, -0.1) is 0 Å². The Hall–Kier alpha value is -2.36. The summed E-state index contributed by atoms with van der Waals surface area (Å²) >= 11 is 0. The topological polar surface area (TPSA) is 54.6 Å². The van der Waals surface area contributed by atoms with Gasteiger partial charge in [-0.3, -0.25) is 4.79 Å². The highest BCUT2D eigenvalue weighted by Crippen LogP contribution is 2.02. The zero-order chi connectivity index (χ0) is 12.1. The molecule has 1 aromatic heterocycles. The Bertz CT molecular complexity index is 516. The lowest BCUT2D eigenvalue weighted by atomic mass is 10.2. The highest BCUT2D eigenvalue weighted by Gasteiger charge is 2.03. The summed E-state index contributed by atoms with van der Waals surface area (Å²) in [6.45, 7) is 1.80. The second kappa shape index (κ2) is 5.12. The van der Waals surface area contributed by atoms with E-state index in [2.05, 4.69) is 10.5 Å². The molecule has 86 valence electrons. The maximum atomic E-state index is 11.7. The molecule has 0 atom stereocenters. The van der Waals surface area contributed by atoms with E-state index in [1.165, 1.54) is 0 Å². The third kappa shape index (κ3) is 2.81. The van der Waals surface area contributed by atoms with E-state index in [-0.39, 0.29) is 5.91 Å². The number of nitrogens with one attached hydrogen (secondary N) is 1. The van der Waals surface area contributed by atoms with E-state index in [9.17, 15) is 4.79 Å². The maximum absolute atomic E-state index is 11.7. The van der Waals surface area contributed by atoms with Gasteiger partial charge in [0.15, 0.2) is 0 Å². The minimum absolute atomic E-state index is 0.228. The van der Waals surface area contributed by atoms with E-state index in [1.54, 1.807) is 37.6 Å². The molecule has 0 fully saturated rings. The largest absolute Gasteiger partial charge is 0.472 e. The molecule has 0 aliphatic carbocycles. The number of benzene rings is 1. The average molecular weight is 228 g/mol. The average Bonchev–Trinajstić information content (AvgIpc) is 2.90. The molecular formula is C13H12N2O2. The molecule has 0 bridgehead atoms. The number of carbonyl (C=O) groups excluding carboxylic acids is 1. The second-order valence-corrected chi connectivity index (χ2v) is 3.52. The van der Waals surface area contributed by atoms with Gasteiger partial charge in [-0.2, -0.15) is 5.10 Å². The predicted molar refractivity (Wildman–Crippen MR) is 64.8 cm³/mol. The van der Waals surface area contributed by atoms with Crippen LogP contribution in [0.3, 0.4) is 0 Å². The smallest absolute Gasteiger partial charge is 0.271 e. The van der Waals surface area contributed by atoms with Crippen LogP contribution in [0.4, 0.5) is 0 Å². The summed E-state index contributed by atoms with van der Waals surface area (Å²) in [4.78, 5) is 11.7. The number of amides is 1. The molecule has 1 amide bonds. The third-order valence-corrected chi connectivity index (χ3v) is 2.30. The summed E-state index contributed by atoms with van der Waals surface area (Å²) in [6, 6.07) is 10.7. The molecular weight excluding hydrogens is 216 g/mol. The Morgan fingerprint density at radius 1 is 1.18 bits per heavy atom. The van der Waals surface area contributed by atoms with Gasteiger partial charge in [0, 0.05) is 11.1 Å². The van der Waals surface area contributed by atoms with Gasteiger partial charge in [-0.05, 0) is 25.1 Å². The lowest BCUT2D eigenvalue weighted by Crippen LogP contribution is -2.19. The van der Waals surface area contributed by atoms with E-state index in [1.807, 2.05) is 18.2 Å². The quantitative estimate of drug-likeness (QED) is 0.648. The molecule has 2 aromatic rings. The number of nitrogens with zero attached hydrogens (tertiary/aromatic N) is 1. The van der Waals surface area contributed by atoms with Crippen molar-refractivity contribution < 1.29 is 9.21 Å². The molecule has 2 rings (SSSR count). The molecule has 1 aromatic carbocycles. The first-order chi connectivity index (χ1) is 8.27. The molecule has 17 heavy (non-hydrogen) atoms. The molecule has 0 spiro atoms. The summed E-state index contributed by atoms with van der Waals surface area (Å²) in [7, 11) is 0. The van der Waals surface area contributed by atoms with Crippen molar-refractivity contribution in [1.29, 1.82) is 0 Å². The number of rotatable bonds is 3. The van der Waals surface area contributed by atoms with Crippen molar-refractivity contribution in [1.82, 2.24) is 5.43 Å². The van der Waals surface area contributed by atoms with Gasteiger partial charge in [0.25, 0.3) is 5.91 Å². The highest BCUT2D eigenvalue weighted by atomic mass is 16.3. The van der Waals surface area contributed by atoms with E-state index < -0.39 is 0 Å². The van der Waals surface area contributed by atoms with Crippen LogP contribution < -0.4 is 5.43 Å². The van der Waals surface area contributed by atoms with E-state index >= 15 is 0 Å². The van der Waals surface area contributed by atoms with Crippen molar-refractivity contribution in [3.05, 3.63) is 60.1 Å². The monoisotopic (exact) mass is 228 g/mol. The third-order valence-electron chi connectivity index (χ3n) is 2.30. The number of carbonyl (C=O) groups is 1. The van der Waals surface area contributed by atoms with Crippen LogP contribution in [0.15, 0.2) is 58.4 Å². The molecule has 0 saturated carbocycles. The lowest BCUT2D eigenvalue weighted by molar-refractivity contribution is 0.0955. The van der Waals surface area contributed by atoms with E-state index in [0.717, 1.165) is 5.56 Å². The van der Waals surface area contributed by atoms with E-state index in [4.69, 9.17) is 4.42 Å². The Morgan fingerprint density at radius 3 is 2.59 bits per heavy atom. The van der Waals surface area contributed by atoms with Gasteiger partial charge in [0.1, 0.15) is 0 Å². The zero-order valence-corrected chi connectivity index (χ0v) is 9.38. The van der Waals surface area contributed by atoms with Crippen molar-refractivity contribution in [2.75, 3.05) is 0 Å². The van der Waals surface area contributed by atoms with Crippen LogP contribution >= 0.6 is 0 Å². The Balaban J connectivity index is 2.04. The Morgan fingerprint density at radius 2 is 1.94 bits per heavy atom. The van der Waals surface area contributed by atoms with Crippen LogP contribution in [0, 0.1) is 0 Å². The molecule has 0 radical (unpaired) electrons. The second-order valence-electron chi connectivity index (χ2n) is 3.52. The molecule has 0 aliphatic rings. The van der Waals surface area contributed by atoms with Crippen LogP contribution in [-0.4, -0.2) is 11.6 Å². The van der Waals surface area contributed by atoms with Gasteiger partial charge in [-0.1, -0.05) is 18.2 Å². The first kappa shape index (κ1) is 11.1. The number of hydrogen-bond acceptors (Lipinski definition) is 3. The van der Waals surface area contributed by atoms with Crippen LogP contribution in [0.5, 0.6) is 0 Å². The molecule has 4 heteroatoms. The SMILES string of the molecule is C/C(=N/NC(=O)c1ccccc1)c1ccoc1. The molecule has 0 saturated heterocycles. The first-order valence-corrected chi connectivity index (χ1v) is 5.19. The number of hydrazone groups is 1. The van der Waals surface area contributed by atoms with Crippen molar-refractivity contribution in [3.63, 3.8) is 0 Å². The van der Waals surface area contributed by atoms with Crippen LogP contribution in [0.1, 0.15) is 22.8 Å². The number of hydrogen-bond donors (Lipinski definition) is 1. The predicted octanol–water partition coefficient (Wildman–Crippen LogP) is 2.43. The van der Waals surface area contributed by atoms with Crippen molar-refractivity contribution >= 4 is 11.6 Å². The van der Waals surface area contributed by atoms with E-state index in [0.29, 0.717) is 11.3 Å². The van der Waals surface area contributed by atoms with Gasteiger partial charge in [0.05, 0.1) is 18.2 Å². The molecule has 4 nitrogen and oxygen atoms in total. The van der Waals surface area contributed by atoms with Crippen molar-refractivity contribution in [2.24, 2.45) is 5.10 Å². The summed E-state index contributed by atoms with van der Waals surface area (Å²) < 4.78 is 4.93. The molecule has 0 unspecified atom stereocenters. The zero-order valence-electron chi connectivity index (χ0n) is 9.38. The van der Waals surface area contributed by atoms with Gasteiger partial charge >= 0.3 is 0 Å². The Kier molecular flexibility index (Phi) is 3.35. The standard InChI is InChI=1S/C13H12N2O2/c1-10(12-7-8-17-9-12)14-15-13(16)11-5-3-2-4-6-11/h2-9H,1H3,(H,15,16)/b14-10-. The summed E-state index contributed by atoms with van der Waals surface area (Å²) in [5, 5.41) is 4.00. The van der Waals surface area contributed by atoms with Crippen molar-refractivity contribution in [3.8, 4) is 0 Å². The lowest BCUT2D eigenvalue weighted by Gasteiger charge is -2.00. The summed E-state index contributed by atoms with van der Waals surface area (Å²) in [6.07, 6.45) is 3.14. The van der Waals surface area contributed by atoms with Gasteiger partial charge in [-0.25, -0.2) is 5.43 Å². The Labute approximate surface area is 99.0 Å². The molecule has 1 heterocycles. The molecule has 1 N–H and O–H groups in total. The fraction of sp³-hybridized carbons (Fsp3) is 0.0769. The fourth-order valence-corrected chi connectivity index (χ4v) is 1.32. The maximum Gasteiger partial charge on any atom is 0.271 e. The summed E-state index contributed by atoms with van der Waals surface area (Å²) in [5.74, 6) is -0.228. The highest BCUT2D eigenvalue weighted by molar-refractivity contribution is 6.00. The molecule has 0 aliphatic heterocycles. The number of furan rings is 1. The fourth-order valence-electron chi connectivity index (χ4n) is 1.32.